The van der Waals surface area contributed by atoms with Crippen LogP contribution in [-0.4, -0.2) is 47.9 Å². The highest BCUT2D eigenvalue weighted by Gasteiger charge is 2.29. The highest BCUT2D eigenvalue weighted by atomic mass is 19.1. The number of nitrogens with zero attached hydrogens (tertiary/aromatic N) is 2. The minimum atomic E-state index is -0.257. The van der Waals surface area contributed by atoms with Crippen molar-refractivity contribution in [3.8, 4) is 0 Å². The molecule has 5 heteroatoms. The van der Waals surface area contributed by atoms with E-state index in [1.54, 1.807) is 12.1 Å². The first-order valence-electron chi connectivity index (χ1n) is 7.73. The number of halogens is 1. The van der Waals surface area contributed by atoms with Crippen molar-refractivity contribution in [1.29, 1.82) is 5.41 Å². The van der Waals surface area contributed by atoms with Gasteiger partial charge in [0.2, 0.25) is 0 Å². The molecule has 0 bridgehead atoms. The molecular weight excluding hydrogens is 267 g/mol. The van der Waals surface area contributed by atoms with E-state index in [0.29, 0.717) is 23.7 Å². The van der Waals surface area contributed by atoms with E-state index < -0.39 is 0 Å². The summed E-state index contributed by atoms with van der Waals surface area (Å²) in [4.78, 5) is 4.91. The predicted octanol–water partition coefficient (Wildman–Crippen LogP) is 1.78. The van der Waals surface area contributed by atoms with Gasteiger partial charge in [-0.3, -0.25) is 15.2 Å². The molecule has 114 valence electrons. The maximum absolute atomic E-state index is 14.1. The number of nitrogen functional groups attached to an aromatic ring is 1. The summed E-state index contributed by atoms with van der Waals surface area (Å²) < 4.78 is 14.1. The minimum Gasteiger partial charge on any atom is -0.384 e. The number of nitrogens with two attached hydrogens (primary N) is 1. The van der Waals surface area contributed by atoms with Crippen LogP contribution in [0, 0.1) is 11.2 Å². The van der Waals surface area contributed by atoms with E-state index in [1.807, 2.05) is 0 Å². The average Bonchev–Trinajstić information content (AvgIpc) is 3.11. The fourth-order valence-electron chi connectivity index (χ4n) is 3.44. The molecule has 2 fully saturated rings. The Labute approximate surface area is 125 Å². The molecule has 0 aromatic heterocycles. The number of benzene rings is 1. The first-order valence-corrected chi connectivity index (χ1v) is 7.73. The van der Waals surface area contributed by atoms with Crippen molar-refractivity contribution in [2.24, 2.45) is 5.73 Å². The molecule has 2 aliphatic rings. The second kappa shape index (κ2) is 6.12. The maximum atomic E-state index is 14.1. The van der Waals surface area contributed by atoms with Crippen molar-refractivity contribution in [2.75, 3.05) is 26.2 Å². The van der Waals surface area contributed by atoms with E-state index in [0.717, 1.165) is 13.1 Å². The van der Waals surface area contributed by atoms with Crippen molar-refractivity contribution in [3.05, 3.63) is 35.1 Å². The standard InChI is InChI=1S/C16H23FN4/c17-15-9-12(16(18)19)3-4-13(15)10-20-8-5-14(11-20)21-6-1-2-7-21/h3-4,9,14H,1-2,5-8,10-11H2,(H3,18,19). The largest absolute Gasteiger partial charge is 0.384 e. The van der Waals surface area contributed by atoms with Crippen molar-refractivity contribution >= 4 is 5.84 Å². The molecule has 2 heterocycles. The second-order valence-electron chi connectivity index (χ2n) is 6.14. The van der Waals surface area contributed by atoms with Crippen LogP contribution in [0.2, 0.25) is 0 Å². The van der Waals surface area contributed by atoms with Crippen LogP contribution in [0.4, 0.5) is 4.39 Å². The Morgan fingerprint density at radius 2 is 2.05 bits per heavy atom. The van der Waals surface area contributed by atoms with E-state index in [-0.39, 0.29) is 11.7 Å². The maximum Gasteiger partial charge on any atom is 0.128 e. The quantitative estimate of drug-likeness (QED) is 0.656. The van der Waals surface area contributed by atoms with Crippen LogP contribution in [-0.2, 0) is 6.54 Å². The Kier molecular flexibility index (Phi) is 4.22. The molecule has 2 saturated heterocycles. The Hall–Kier alpha value is -1.46. The smallest absolute Gasteiger partial charge is 0.128 e. The van der Waals surface area contributed by atoms with E-state index >= 15 is 0 Å². The van der Waals surface area contributed by atoms with Crippen LogP contribution in [0.25, 0.3) is 0 Å². The van der Waals surface area contributed by atoms with Crippen molar-refractivity contribution in [2.45, 2.75) is 31.8 Å². The lowest BCUT2D eigenvalue weighted by molar-refractivity contribution is 0.229. The third-order valence-electron chi connectivity index (χ3n) is 4.66. The summed E-state index contributed by atoms with van der Waals surface area (Å²) in [6.45, 7) is 5.16. The number of amidine groups is 1. The minimum absolute atomic E-state index is 0.0873. The number of rotatable bonds is 4. The molecule has 3 rings (SSSR count). The molecule has 1 aromatic rings. The van der Waals surface area contributed by atoms with Gasteiger partial charge in [0.15, 0.2) is 0 Å². The zero-order valence-electron chi connectivity index (χ0n) is 12.3. The first-order chi connectivity index (χ1) is 10.1. The number of hydrogen-bond donors (Lipinski definition) is 2. The summed E-state index contributed by atoms with van der Waals surface area (Å²) in [7, 11) is 0. The van der Waals surface area contributed by atoms with Gasteiger partial charge in [-0.2, -0.15) is 0 Å². The van der Waals surface area contributed by atoms with Gasteiger partial charge in [0, 0.05) is 36.8 Å². The first kappa shape index (κ1) is 14.5. The Morgan fingerprint density at radius 1 is 1.29 bits per heavy atom. The van der Waals surface area contributed by atoms with Gasteiger partial charge in [0.25, 0.3) is 0 Å². The Bertz CT molecular complexity index is 525. The number of nitrogens with one attached hydrogen (secondary N) is 1. The normalized spacial score (nSPS) is 23.8. The van der Waals surface area contributed by atoms with Crippen LogP contribution < -0.4 is 5.73 Å². The zero-order chi connectivity index (χ0) is 14.8. The monoisotopic (exact) mass is 290 g/mol. The number of likely N-dealkylation sites (tertiary alicyclic amines) is 2. The SMILES string of the molecule is N=C(N)c1ccc(CN2CCC(N3CCCC3)C2)c(F)c1. The van der Waals surface area contributed by atoms with Crippen LogP contribution in [0.5, 0.6) is 0 Å². The lowest BCUT2D eigenvalue weighted by Crippen LogP contribution is -2.35. The molecule has 0 spiro atoms. The lowest BCUT2D eigenvalue weighted by atomic mass is 10.1. The van der Waals surface area contributed by atoms with Crippen LogP contribution >= 0.6 is 0 Å². The van der Waals surface area contributed by atoms with E-state index in [1.165, 1.54) is 38.4 Å². The number of hydrogen-bond acceptors (Lipinski definition) is 3. The van der Waals surface area contributed by atoms with Gasteiger partial charge in [-0.1, -0.05) is 12.1 Å². The van der Waals surface area contributed by atoms with Crippen LogP contribution in [0.1, 0.15) is 30.4 Å². The molecule has 2 aliphatic heterocycles. The summed E-state index contributed by atoms with van der Waals surface area (Å²) >= 11 is 0. The molecule has 0 saturated carbocycles. The molecule has 0 amide bonds. The third kappa shape index (κ3) is 3.24. The predicted molar refractivity (Wildman–Crippen MR) is 81.9 cm³/mol. The third-order valence-corrected chi connectivity index (χ3v) is 4.66. The lowest BCUT2D eigenvalue weighted by Gasteiger charge is -2.23. The van der Waals surface area contributed by atoms with E-state index in [2.05, 4.69) is 9.80 Å². The highest BCUT2D eigenvalue weighted by molar-refractivity contribution is 5.94. The fraction of sp³-hybridized carbons (Fsp3) is 0.562. The second-order valence-corrected chi connectivity index (χ2v) is 6.14. The molecular formula is C16H23FN4. The molecule has 0 radical (unpaired) electrons. The van der Waals surface area contributed by atoms with Gasteiger partial charge < -0.3 is 5.73 Å². The summed E-state index contributed by atoms with van der Waals surface area (Å²) in [5, 5.41) is 7.34. The summed E-state index contributed by atoms with van der Waals surface area (Å²) in [5.74, 6) is -0.344. The molecule has 21 heavy (non-hydrogen) atoms. The zero-order valence-corrected chi connectivity index (χ0v) is 12.3. The molecule has 0 aliphatic carbocycles. The summed E-state index contributed by atoms with van der Waals surface area (Å²) in [5.41, 5.74) is 6.53. The average molecular weight is 290 g/mol. The van der Waals surface area contributed by atoms with Gasteiger partial charge >= 0.3 is 0 Å². The molecule has 1 aromatic carbocycles. The Balaban J connectivity index is 1.61. The summed E-state index contributed by atoms with van der Waals surface area (Å²) in [6.07, 6.45) is 3.82. The van der Waals surface area contributed by atoms with Crippen LogP contribution in [0.3, 0.4) is 0 Å². The fourth-order valence-corrected chi connectivity index (χ4v) is 3.44. The molecule has 1 unspecified atom stereocenters. The van der Waals surface area contributed by atoms with E-state index in [4.69, 9.17) is 11.1 Å². The molecule has 3 N–H and O–H groups in total. The van der Waals surface area contributed by atoms with Crippen molar-refractivity contribution < 1.29 is 4.39 Å². The van der Waals surface area contributed by atoms with Crippen molar-refractivity contribution in [1.82, 2.24) is 9.80 Å². The molecule has 1 atom stereocenters. The molecule has 4 nitrogen and oxygen atoms in total. The van der Waals surface area contributed by atoms with Crippen molar-refractivity contribution in [3.63, 3.8) is 0 Å². The van der Waals surface area contributed by atoms with E-state index in [9.17, 15) is 4.39 Å². The van der Waals surface area contributed by atoms with Crippen LogP contribution in [0.15, 0.2) is 18.2 Å². The van der Waals surface area contributed by atoms with Gasteiger partial charge in [-0.15, -0.1) is 0 Å². The topological polar surface area (TPSA) is 56.4 Å². The van der Waals surface area contributed by atoms with Gasteiger partial charge in [-0.25, -0.2) is 4.39 Å². The van der Waals surface area contributed by atoms with Gasteiger partial charge in [-0.05, 0) is 38.4 Å². The van der Waals surface area contributed by atoms with Gasteiger partial charge in [0.1, 0.15) is 11.7 Å². The summed E-state index contributed by atoms with van der Waals surface area (Å²) in [6, 6.07) is 5.50. The Morgan fingerprint density at radius 3 is 2.71 bits per heavy atom. The highest BCUT2D eigenvalue weighted by Crippen LogP contribution is 2.22. The van der Waals surface area contributed by atoms with Gasteiger partial charge in [0.05, 0.1) is 0 Å².